The van der Waals surface area contributed by atoms with Gasteiger partial charge in [-0.05, 0) is 56.4 Å². The lowest BCUT2D eigenvalue weighted by molar-refractivity contribution is -0.128. The van der Waals surface area contributed by atoms with E-state index >= 15 is 0 Å². The van der Waals surface area contributed by atoms with E-state index in [0.717, 1.165) is 66.1 Å². The SMILES string of the molecule is C[C@H]1CCc2c(sc3nc(C4CC4)n4c(SCC(=O)N5CCCCCC5)nnc4c23)C1. The van der Waals surface area contributed by atoms with Crippen molar-refractivity contribution in [3.8, 4) is 0 Å². The molecule has 8 heteroatoms. The molecule has 0 unspecified atom stereocenters. The van der Waals surface area contributed by atoms with E-state index in [9.17, 15) is 4.79 Å². The Kier molecular flexibility index (Phi) is 5.17. The Labute approximate surface area is 190 Å². The van der Waals surface area contributed by atoms with Crippen molar-refractivity contribution in [2.24, 2.45) is 5.92 Å². The highest BCUT2D eigenvalue weighted by atomic mass is 32.2. The smallest absolute Gasteiger partial charge is 0.233 e. The number of fused-ring (bicyclic) bond motifs is 5. The van der Waals surface area contributed by atoms with Crippen LogP contribution in [0.2, 0.25) is 0 Å². The van der Waals surface area contributed by atoms with Gasteiger partial charge in [0.25, 0.3) is 0 Å². The van der Waals surface area contributed by atoms with Crippen molar-refractivity contribution in [2.45, 2.75) is 75.8 Å². The molecule has 0 bridgehead atoms. The van der Waals surface area contributed by atoms with Crippen LogP contribution in [-0.2, 0) is 17.6 Å². The van der Waals surface area contributed by atoms with Crippen molar-refractivity contribution in [3.05, 3.63) is 16.3 Å². The topological polar surface area (TPSA) is 63.4 Å². The Bertz CT molecular complexity index is 1140. The molecule has 0 radical (unpaired) electrons. The molecule has 0 N–H and O–H groups in total. The van der Waals surface area contributed by atoms with Crippen LogP contribution in [0.1, 0.15) is 74.1 Å². The molecule has 2 fully saturated rings. The van der Waals surface area contributed by atoms with Crippen molar-refractivity contribution in [3.63, 3.8) is 0 Å². The van der Waals surface area contributed by atoms with Crippen LogP contribution in [0.4, 0.5) is 0 Å². The summed E-state index contributed by atoms with van der Waals surface area (Å²) in [4.78, 5) is 22.7. The van der Waals surface area contributed by atoms with Crippen LogP contribution in [-0.4, -0.2) is 49.2 Å². The van der Waals surface area contributed by atoms with Gasteiger partial charge in [0, 0.05) is 23.9 Å². The number of likely N-dealkylation sites (tertiary alicyclic amines) is 1. The van der Waals surface area contributed by atoms with Crippen molar-refractivity contribution in [1.29, 1.82) is 0 Å². The molecule has 2 aliphatic carbocycles. The molecule has 3 aliphatic rings. The summed E-state index contributed by atoms with van der Waals surface area (Å²) in [5.74, 6) is 3.01. The lowest BCUT2D eigenvalue weighted by Crippen LogP contribution is -2.33. The van der Waals surface area contributed by atoms with E-state index in [1.165, 1.54) is 59.7 Å². The zero-order valence-electron chi connectivity index (χ0n) is 18.1. The zero-order chi connectivity index (χ0) is 20.9. The first-order valence-electron chi connectivity index (χ1n) is 11.8. The lowest BCUT2D eigenvalue weighted by Gasteiger charge is -2.19. The van der Waals surface area contributed by atoms with Gasteiger partial charge in [0.2, 0.25) is 5.91 Å². The Morgan fingerprint density at radius 2 is 1.94 bits per heavy atom. The first kappa shape index (κ1) is 20.0. The third kappa shape index (κ3) is 3.65. The lowest BCUT2D eigenvalue weighted by atomic mass is 9.89. The molecule has 4 heterocycles. The van der Waals surface area contributed by atoms with Crippen LogP contribution < -0.4 is 0 Å². The van der Waals surface area contributed by atoms with Gasteiger partial charge in [-0.25, -0.2) is 4.98 Å². The number of thiophene rings is 1. The number of hydrogen-bond donors (Lipinski definition) is 0. The normalized spacial score (nSPS) is 22.1. The maximum Gasteiger partial charge on any atom is 0.233 e. The number of carbonyl (C=O) groups is 1. The number of rotatable bonds is 4. The highest BCUT2D eigenvalue weighted by molar-refractivity contribution is 7.99. The van der Waals surface area contributed by atoms with Crippen LogP contribution >= 0.6 is 23.1 Å². The molecule has 0 aromatic carbocycles. The van der Waals surface area contributed by atoms with E-state index in [0.29, 0.717) is 11.7 Å². The van der Waals surface area contributed by atoms with E-state index < -0.39 is 0 Å². The number of aryl methyl sites for hydroxylation is 1. The maximum absolute atomic E-state index is 12.8. The summed E-state index contributed by atoms with van der Waals surface area (Å²) < 4.78 is 2.19. The molecule has 31 heavy (non-hydrogen) atoms. The molecule has 1 amide bonds. The van der Waals surface area contributed by atoms with Gasteiger partial charge in [-0.15, -0.1) is 21.5 Å². The predicted molar refractivity (Wildman–Crippen MR) is 125 cm³/mol. The molecule has 164 valence electrons. The molecule has 6 nitrogen and oxygen atoms in total. The third-order valence-electron chi connectivity index (χ3n) is 7.02. The van der Waals surface area contributed by atoms with Crippen molar-refractivity contribution < 1.29 is 4.79 Å². The number of hydrogen-bond acceptors (Lipinski definition) is 6. The Hall–Kier alpha value is -1.67. The summed E-state index contributed by atoms with van der Waals surface area (Å²) >= 11 is 3.40. The van der Waals surface area contributed by atoms with Gasteiger partial charge in [-0.3, -0.25) is 9.20 Å². The number of aromatic nitrogens is 4. The van der Waals surface area contributed by atoms with Gasteiger partial charge >= 0.3 is 0 Å². The summed E-state index contributed by atoms with van der Waals surface area (Å²) in [7, 11) is 0. The first-order valence-corrected chi connectivity index (χ1v) is 13.6. The van der Waals surface area contributed by atoms with Crippen molar-refractivity contribution >= 4 is 44.9 Å². The average molecular weight is 456 g/mol. The molecule has 0 spiro atoms. The van der Waals surface area contributed by atoms with Gasteiger partial charge in [0.1, 0.15) is 10.7 Å². The summed E-state index contributed by atoms with van der Waals surface area (Å²) in [6.45, 7) is 4.14. The van der Waals surface area contributed by atoms with Crippen molar-refractivity contribution in [1.82, 2.24) is 24.5 Å². The Morgan fingerprint density at radius 3 is 2.71 bits per heavy atom. The second kappa shape index (κ2) is 8.03. The standard InChI is InChI=1S/C23H29N5OS2/c1-14-6-9-16-17(12-14)31-22-19(16)21-25-26-23(28(21)20(24-22)15-7-8-15)30-13-18(29)27-10-4-2-3-5-11-27/h14-15H,2-13H2,1H3/t14-/m0/s1. The van der Waals surface area contributed by atoms with Gasteiger partial charge in [0.05, 0.1) is 11.1 Å². The van der Waals surface area contributed by atoms with Crippen molar-refractivity contribution in [2.75, 3.05) is 18.8 Å². The fraction of sp³-hybridized carbons (Fsp3) is 0.652. The average Bonchev–Trinajstić information content (AvgIpc) is 3.50. The predicted octanol–water partition coefficient (Wildman–Crippen LogP) is 4.84. The maximum atomic E-state index is 12.8. The van der Waals surface area contributed by atoms with E-state index in [1.54, 1.807) is 0 Å². The fourth-order valence-corrected chi connectivity index (χ4v) is 7.31. The molecule has 1 atom stereocenters. The van der Waals surface area contributed by atoms with Gasteiger partial charge < -0.3 is 4.90 Å². The third-order valence-corrected chi connectivity index (χ3v) is 9.08. The molecule has 6 rings (SSSR count). The number of nitrogens with zero attached hydrogens (tertiary/aromatic N) is 5. The minimum atomic E-state index is 0.229. The summed E-state index contributed by atoms with van der Waals surface area (Å²) in [6, 6.07) is 0. The molecular formula is C23H29N5OS2. The van der Waals surface area contributed by atoms with E-state index in [2.05, 4.69) is 21.5 Å². The molecular weight excluding hydrogens is 426 g/mol. The van der Waals surface area contributed by atoms with E-state index in [4.69, 9.17) is 4.98 Å². The Balaban J connectivity index is 1.36. The molecule has 3 aromatic rings. The number of carbonyl (C=O) groups excluding carboxylic acids is 1. The van der Waals surface area contributed by atoms with E-state index in [1.807, 2.05) is 16.2 Å². The minimum absolute atomic E-state index is 0.229. The number of thioether (sulfide) groups is 1. The van der Waals surface area contributed by atoms with Crippen LogP contribution in [0, 0.1) is 5.92 Å². The second-order valence-corrected chi connectivity index (χ2v) is 11.5. The second-order valence-electron chi connectivity index (χ2n) is 9.50. The quantitative estimate of drug-likeness (QED) is 0.527. The van der Waals surface area contributed by atoms with Gasteiger partial charge in [0.15, 0.2) is 10.8 Å². The molecule has 3 aromatic heterocycles. The van der Waals surface area contributed by atoms with Crippen LogP contribution in [0.25, 0.3) is 15.9 Å². The van der Waals surface area contributed by atoms with Crippen LogP contribution in [0.5, 0.6) is 0 Å². The van der Waals surface area contributed by atoms with Crippen LogP contribution in [0.3, 0.4) is 0 Å². The highest BCUT2D eigenvalue weighted by Crippen LogP contribution is 2.44. The van der Waals surface area contributed by atoms with Gasteiger partial charge in [-0.1, -0.05) is 31.5 Å². The zero-order valence-corrected chi connectivity index (χ0v) is 19.7. The van der Waals surface area contributed by atoms with E-state index in [-0.39, 0.29) is 5.91 Å². The van der Waals surface area contributed by atoms with Gasteiger partial charge in [-0.2, -0.15) is 0 Å². The largest absolute Gasteiger partial charge is 0.342 e. The Morgan fingerprint density at radius 1 is 1.13 bits per heavy atom. The molecule has 1 saturated heterocycles. The fourth-order valence-electron chi connectivity index (χ4n) is 5.08. The number of amides is 1. The summed E-state index contributed by atoms with van der Waals surface area (Å²) in [6.07, 6.45) is 10.6. The highest BCUT2D eigenvalue weighted by Gasteiger charge is 2.32. The summed E-state index contributed by atoms with van der Waals surface area (Å²) in [5.41, 5.74) is 2.41. The first-order chi connectivity index (χ1) is 15.2. The summed E-state index contributed by atoms with van der Waals surface area (Å²) in [5, 5.41) is 11.3. The minimum Gasteiger partial charge on any atom is -0.342 e. The molecule has 1 aliphatic heterocycles. The van der Waals surface area contributed by atoms with Crippen LogP contribution in [0.15, 0.2) is 5.16 Å². The molecule has 1 saturated carbocycles. The monoisotopic (exact) mass is 455 g/mol.